The minimum atomic E-state index is 0.391. The van der Waals surface area contributed by atoms with E-state index in [1.807, 2.05) is 26.1 Å². The maximum atomic E-state index is 5.84. The summed E-state index contributed by atoms with van der Waals surface area (Å²) < 4.78 is 5.84. The topological polar surface area (TPSA) is 47.0 Å². The van der Waals surface area contributed by atoms with Crippen LogP contribution in [0.4, 0.5) is 0 Å². The monoisotopic (exact) mass is 243 g/mol. The summed E-state index contributed by atoms with van der Waals surface area (Å²) >= 11 is 0. The summed E-state index contributed by atoms with van der Waals surface area (Å²) in [7, 11) is 1.92. The molecule has 0 atom stereocenters. The first-order valence-corrected chi connectivity index (χ1v) is 5.93. The van der Waals surface area contributed by atoms with Gasteiger partial charge in [-0.3, -0.25) is 0 Å². The zero-order chi connectivity index (χ0) is 12.8. The molecule has 0 aliphatic rings. The van der Waals surface area contributed by atoms with Crippen molar-refractivity contribution in [2.75, 3.05) is 7.05 Å². The Labute approximate surface area is 107 Å². The number of ether oxygens (including phenoxy) is 1. The molecule has 1 N–H and O–H groups in total. The lowest BCUT2D eigenvalue weighted by molar-refractivity contribution is 0.290. The molecule has 0 fully saturated rings. The van der Waals surface area contributed by atoms with E-state index in [0.717, 1.165) is 23.4 Å². The van der Waals surface area contributed by atoms with Gasteiger partial charge >= 0.3 is 0 Å². The van der Waals surface area contributed by atoms with E-state index in [1.54, 1.807) is 18.5 Å². The first kappa shape index (κ1) is 12.5. The van der Waals surface area contributed by atoms with Crippen molar-refractivity contribution in [2.24, 2.45) is 0 Å². The predicted molar refractivity (Wildman–Crippen MR) is 70.3 cm³/mol. The zero-order valence-corrected chi connectivity index (χ0v) is 10.7. The quantitative estimate of drug-likeness (QED) is 0.873. The van der Waals surface area contributed by atoms with Crippen molar-refractivity contribution in [3.8, 4) is 5.75 Å². The first-order valence-electron chi connectivity index (χ1n) is 5.93. The van der Waals surface area contributed by atoms with Crippen LogP contribution in [-0.2, 0) is 13.2 Å². The Morgan fingerprint density at radius 1 is 1.17 bits per heavy atom. The van der Waals surface area contributed by atoms with Crippen LogP contribution in [0.15, 0.2) is 36.7 Å². The second-order valence-electron chi connectivity index (χ2n) is 4.05. The molecule has 0 aliphatic carbocycles. The first-order chi connectivity index (χ1) is 8.81. The molecule has 2 rings (SSSR count). The summed E-state index contributed by atoms with van der Waals surface area (Å²) in [5, 5.41) is 3.14. The minimum absolute atomic E-state index is 0.391. The Hall–Kier alpha value is -1.94. The highest BCUT2D eigenvalue weighted by atomic mass is 16.5. The Kier molecular flexibility index (Phi) is 4.25. The average Bonchev–Trinajstić information content (AvgIpc) is 2.40. The van der Waals surface area contributed by atoms with Crippen LogP contribution in [0.1, 0.15) is 17.0 Å². The molecule has 0 saturated heterocycles. The fourth-order valence-corrected chi connectivity index (χ4v) is 1.79. The van der Waals surface area contributed by atoms with E-state index >= 15 is 0 Å². The lowest BCUT2D eigenvalue weighted by Gasteiger charge is -2.13. The van der Waals surface area contributed by atoms with Crippen LogP contribution in [0.2, 0.25) is 0 Å². The third kappa shape index (κ3) is 3.05. The van der Waals surface area contributed by atoms with Crippen molar-refractivity contribution < 1.29 is 4.74 Å². The molecular weight excluding hydrogens is 226 g/mol. The highest BCUT2D eigenvalue weighted by Gasteiger charge is 2.07. The van der Waals surface area contributed by atoms with E-state index in [1.165, 1.54) is 0 Å². The molecule has 4 heteroatoms. The summed E-state index contributed by atoms with van der Waals surface area (Å²) in [5.41, 5.74) is 2.27. The van der Waals surface area contributed by atoms with Crippen molar-refractivity contribution in [3.63, 3.8) is 0 Å². The summed E-state index contributed by atoms with van der Waals surface area (Å²) in [6.07, 6.45) is 3.44. The second-order valence-corrected chi connectivity index (χ2v) is 4.05. The lowest BCUT2D eigenvalue weighted by Crippen LogP contribution is -2.09. The zero-order valence-electron chi connectivity index (χ0n) is 10.7. The van der Waals surface area contributed by atoms with Gasteiger partial charge in [0.15, 0.2) is 5.82 Å². The maximum absolute atomic E-state index is 5.84. The van der Waals surface area contributed by atoms with Crippen molar-refractivity contribution >= 4 is 0 Å². The van der Waals surface area contributed by atoms with Crippen LogP contribution in [0.25, 0.3) is 0 Å². The van der Waals surface area contributed by atoms with Crippen molar-refractivity contribution in [3.05, 3.63) is 53.6 Å². The largest absolute Gasteiger partial charge is 0.485 e. The summed E-state index contributed by atoms with van der Waals surface area (Å²) in [4.78, 5) is 8.29. The Bertz CT molecular complexity index is 500. The molecule has 1 aromatic carbocycles. The van der Waals surface area contributed by atoms with E-state index in [0.29, 0.717) is 12.4 Å². The molecule has 1 aromatic heterocycles. The lowest BCUT2D eigenvalue weighted by atomic mass is 10.1. The molecule has 0 unspecified atom stereocenters. The van der Waals surface area contributed by atoms with E-state index in [4.69, 9.17) is 4.74 Å². The Morgan fingerprint density at radius 2 is 1.94 bits per heavy atom. The summed E-state index contributed by atoms with van der Waals surface area (Å²) in [6.45, 7) is 3.22. The smallest absolute Gasteiger partial charge is 0.166 e. The van der Waals surface area contributed by atoms with Crippen LogP contribution >= 0.6 is 0 Å². The molecule has 4 nitrogen and oxygen atoms in total. The SMILES string of the molecule is CNCc1cccc(C)c1OCc1ncccn1. The molecule has 2 aromatic rings. The molecule has 0 saturated carbocycles. The Balaban J connectivity index is 2.13. The molecule has 0 radical (unpaired) electrons. The van der Waals surface area contributed by atoms with Gasteiger partial charge in [-0.05, 0) is 25.6 Å². The predicted octanol–water partition coefficient (Wildman–Crippen LogP) is 2.08. The summed E-state index contributed by atoms with van der Waals surface area (Å²) in [6, 6.07) is 7.93. The number of hydrogen-bond acceptors (Lipinski definition) is 4. The van der Waals surface area contributed by atoms with Gasteiger partial charge in [-0.1, -0.05) is 18.2 Å². The van der Waals surface area contributed by atoms with Gasteiger partial charge in [-0.25, -0.2) is 9.97 Å². The van der Waals surface area contributed by atoms with Crippen molar-refractivity contribution in [1.82, 2.24) is 15.3 Å². The fraction of sp³-hybridized carbons (Fsp3) is 0.286. The van der Waals surface area contributed by atoms with Crippen LogP contribution in [0, 0.1) is 6.92 Å². The van der Waals surface area contributed by atoms with E-state index in [2.05, 4.69) is 21.4 Å². The number of aromatic nitrogens is 2. The van der Waals surface area contributed by atoms with Gasteiger partial charge in [-0.2, -0.15) is 0 Å². The fourth-order valence-electron chi connectivity index (χ4n) is 1.79. The maximum Gasteiger partial charge on any atom is 0.166 e. The third-order valence-corrected chi connectivity index (χ3v) is 2.63. The van der Waals surface area contributed by atoms with E-state index < -0.39 is 0 Å². The number of para-hydroxylation sites is 1. The number of rotatable bonds is 5. The summed E-state index contributed by atoms with van der Waals surface area (Å²) in [5.74, 6) is 1.61. The highest BCUT2D eigenvalue weighted by Crippen LogP contribution is 2.23. The standard InChI is InChI=1S/C14H17N3O/c1-11-5-3-6-12(9-15-2)14(11)18-10-13-16-7-4-8-17-13/h3-8,15H,9-10H2,1-2H3. The van der Waals surface area contributed by atoms with Crippen LogP contribution in [0.3, 0.4) is 0 Å². The average molecular weight is 243 g/mol. The molecule has 0 bridgehead atoms. The molecule has 18 heavy (non-hydrogen) atoms. The third-order valence-electron chi connectivity index (χ3n) is 2.63. The molecule has 0 amide bonds. The van der Waals surface area contributed by atoms with Gasteiger partial charge < -0.3 is 10.1 Å². The van der Waals surface area contributed by atoms with Gasteiger partial charge in [0.2, 0.25) is 0 Å². The Morgan fingerprint density at radius 3 is 2.67 bits per heavy atom. The minimum Gasteiger partial charge on any atom is -0.485 e. The van der Waals surface area contributed by atoms with Crippen LogP contribution in [-0.4, -0.2) is 17.0 Å². The number of aryl methyl sites for hydroxylation is 1. The van der Waals surface area contributed by atoms with E-state index in [-0.39, 0.29) is 0 Å². The highest BCUT2D eigenvalue weighted by molar-refractivity contribution is 5.40. The van der Waals surface area contributed by atoms with Gasteiger partial charge in [0.25, 0.3) is 0 Å². The molecular formula is C14H17N3O. The number of nitrogens with zero attached hydrogens (tertiary/aromatic N) is 2. The number of nitrogens with one attached hydrogen (secondary N) is 1. The van der Waals surface area contributed by atoms with Crippen LogP contribution in [0.5, 0.6) is 5.75 Å². The second kappa shape index (κ2) is 6.12. The van der Waals surface area contributed by atoms with Gasteiger partial charge in [0.1, 0.15) is 12.4 Å². The number of hydrogen-bond donors (Lipinski definition) is 1. The van der Waals surface area contributed by atoms with Gasteiger partial charge in [-0.15, -0.1) is 0 Å². The molecule has 0 aliphatic heterocycles. The van der Waals surface area contributed by atoms with E-state index in [9.17, 15) is 0 Å². The van der Waals surface area contributed by atoms with Gasteiger partial charge in [0, 0.05) is 24.5 Å². The van der Waals surface area contributed by atoms with Gasteiger partial charge in [0.05, 0.1) is 0 Å². The number of benzene rings is 1. The molecule has 0 spiro atoms. The molecule has 1 heterocycles. The van der Waals surface area contributed by atoms with Crippen molar-refractivity contribution in [1.29, 1.82) is 0 Å². The molecule has 94 valence electrons. The van der Waals surface area contributed by atoms with Crippen molar-refractivity contribution in [2.45, 2.75) is 20.1 Å². The van der Waals surface area contributed by atoms with Crippen LogP contribution < -0.4 is 10.1 Å². The normalized spacial score (nSPS) is 10.3.